The third-order valence-electron chi connectivity index (χ3n) is 3.29. The standard InChI is InChI=1S/C17H23NO4S/c1-17(2,3)23(20)18-14(15-9-10-16(19)22-15)12-21-11-13-7-5-4-6-8-13/h4-10,14-15,18H,11-12H2,1-3H3/t14-,15+,23+/m0/s1. The molecule has 1 aliphatic heterocycles. The predicted octanol–water partition coefficient (Wildman–Crippen LogP) is 2.11. The lowest BCUT2D eigenvalue weighted by Crippen LogP contribution is -2.48. The Morgan fingerprint density at radius 2 is 2.00 bits per heavy atom. The average molecular weight is 337 g/mol. The quantitative estimate of drug-likeness (QED) is 0.774. The van der Waals surface area contributed by atoms with Crippen LogP contribution in [0.5, 0.6) is 0 Å². The average Bonchev–Trinajstić information content (AvgIpc) is 2.92. The first-order chi connectivity index (χ1) is 10.9. The first-order valence-corrected chi connectivity index (χ1v) is 8.70. The van der Waals surface area contributed by atoms with Crippen molar-refractivity contribution >= 4 is 17.0 Å². The molecule has 0 radical (unpaired) electrons. The van der Waals surface area contributed by atoms with Gasteiger partial charge in [0.2, 0.25) is 0 Å². The van der Waals surface area contributed by atoms with E-state index in [0.717, 1.165) is 5.56 Å². The highest BCUT2D eigenvalue weighted by molar-refractivity contribution is 7.84. The van der Waals surface area contributed by atoms with Gasteiger partial charge in [-0.1, -0.05) is 30.3 Å². The van der Waals surface area contributed by atoms with Crippen molar-refractivity contribution in [3.8, 4) is 0 Å². The van der Waals surface area contributed by atoms with Gasteiger partial charge in [0.15, 0.2) is 0 Å². The monoisotopic (exact) mass is 337 g/mol. The maximum absolute atomic E-state index is 12.3. The van der Waals surface area contributed by atoms with Crippen LogP contribution in [0.1, 0.15) is 26.3 Å². The summed E-state index contributed by atoms with van der Waals surface area (Å²) in [5.41, 5.74) is 1.06. The smallest absolute Gasteiger partial charge is 0.331 e. The fourth-order valence-electron chi connectivity index (χ4n) is 1.99. The third kappa shape index (κ3) is 5.57. The molecular weight excluding hydrogens is 314 g/mol. The van der Waals surface area contributed by atoms with E-state index in [0.29, 0.717) is 13.2 Å². The van der Waals surface area contributed by atoms with E-state index in [2.05, 4.69) is 4.72 Å². The minimum atomic E-state index is -1.28. The predicted molar refractivity (Wildman–Crippen MR) is 89.9 cm³/mol. The van der Waals surface area contributed by atoms with E-state index in [-0.39, 0.29) is 12.0 Å². The van der Waals surface area contributed by atoms with Crippen LogP contribution in [0.15, 0.2) is 42.5 Å². The van der Waals surface area contributed by atoms with Crippen molar-refractivity contribution in [2.24, 2.45) is 0 Å². The topological polar surface area (TPSA) is 64.6 Å². The van der Waals surface area contributed by atoms with Gasteiger partial charge in [-0.3, -0.25) is 0 Å². The highest BCUT2D eigenvalue weighted by atomic mass is 32.2. The summed E-state index contributed by atoms with van der Waals surface area (Å²) < 4.78 is 25.9. The second-order valence-electron chi connectivity index (χ2n) is 6.37. The van der Waals surface area contributed by atoms with Crippen LogP contribution in [0.4, 0.5) is 0 Å². The van der Waals surface area contributed by atoms with Crippen molar-refractivity contribution in [1.29, 1.82) is 0 Å². The molecule has 1 aromatic rings. The Kier molecular flexibility index (Phi) is 6.10. The van der Waals surface area contributed by atoms with E-state index in [9.17, 15) is 9.00 Å². The van der Waals surface area contributed by atoms with Crippen LogP contribution >= 0.6 is 0 Å². The molecule has 0 saturated heterocycles. The van der Waals surface area contributed by atoms with Crippen molar-refractivity contribution in [3.63, 3.8) is 0 Å². The summed E-state index contributed by atoms with van der Waals surface area (Å²) >= 11 is 0. The molecule has 0 saturated carbocycles. The molecule has 1 aliphatic rings. The molecule has 6 heteroatoms. The van der Waals surface area contributed by atoms with Crippen molar-refractivity contribution in [2.75, 3.05) is 6.61 Å². The Morgan fingerprint density at radius 3 is 2.57 bits per heavy atom. The highest BCUT2D eigenvalue weighted by Gasteiger charge is 2.31. The van der Waals surface area contributed by atoms with Gasteiger partial charge in [0.1, 0.15) is 6.10 Å². The first kappa shape index (κ1) is 17.8. The lowest BCUT2D eigenvalue weighted by molar-refractivity contribution is -0.140. The van der Waals surface area contributed by atoms with Crippen LogP contribution < -0.4 is 4.72 Å². The van der Waals surface area contributed by atoms with Crippen LogP contribution in [0.3, 0.4) is 0 Å². The number of ether oxygens (including phenoxy) is 2. The fourth-order valence-corrected chi connectivity index (χ4v) is 2.82. The zero-order valence-corrected chi connectivity index (χ0v) is 14.5. The second-order valence-corrected chi connectivity index (χ2v) is 8.36. The summed E-state index contributed by atoms with van der Waals surface area (Å²) in [6.07, 6.45) is 2.59. The van der Waals surface area contributed by atoms with E-state index in [1.807, 2.05) is 51.1 Å². The molecule has 2 rings (SSSR count). The molecule has 0 fully saturated rings. The zero-order chi connectivity index (χ0) is 16.9. The first-order valence-electron chi connectivity index (χ1n) is 7.55. The van der Waals surface area contributed by atoms with Crippen LogP contribution in [-0.4, -0.2) is 33.7 Å². The van der Waals surface area contributed by atoms with E-state index in [1.54, 1.807) is 6.08 Å². The van der Waals surface area contributed by atoms with Crippen LogP contribution in [-0.2, 0) is 31.9 Å². The molecule has 126 valence electrons. The van der Waals surface area contributed by atoms with Crippen molar-refractivity contribution in [2.45, 2.75) is 44.3 Å². The number of esters is 1. The molecule has 1 heterocycles. The van der Waals surface area contributed by atoms with Gasteiger partial charge in [-0.25, -0.2) is 13.7 Å². The Labute approximate surface area is 139 Å². The molecule has 0 bridgehead atoms. The Bertz CT molecular complexity index is 580. The van der Waals surface area contributed by atoms with Crippen LogP contribution in [0, 0.1) is 0 Å². The minimum absolute atomic E-state index is 0.291. The Balaban J connectivity index is 1.94. The molecule has 23 heavy (non-hydrogen) atoms. The lowest BCUT2D eigenvalue weighted by Gasteiger charge is -2.26. The molecule has 0 aromatic heterocycles. The summed E-state index contributed by atoms with van der Waals surface area (Å²) in [5, 5.41) is 0. The largest absolute Gasteiger partial charge is 0.453 e. The van der Waals surface area contributed by atoms with E-state index >= 15 is 0 Å². The van der Waals surface area contributed by atoms with Gasteiger partial charge >= 0.3 is 5.97 Å². The van der Waals surface area contributed by atoms with E-state index < -0.39 is 21.8 Å². The molecule has 0 amide bonds. The molecule has 3 atom stereocenters. The number of cyclic esters (lactones) is 1. The SMILES string of the molecule is CC(C)(C)[S@@](=O)N[C@@H](COCc1ccccc1)[C@H]1C=CC(=O)O1. The number of nitrogens with one attached hydrogen (secondary N) is 1. The number of benzene rings is 1. The summed E-state index contributed by atoms with van der Waals surface area (Å²) in [5.74, 6) is -0.383. The number of carbonyl (C=O) groups excluding carboxylic acids is 1. The van der Waals surface area contributed by atoms with Gasteiger partial charge in [-0.2, -0.15) is 0 Å². The fraction of sp³-hybridized carbons (Fsp3) is 0.471. The van der Waals surface area contributed by atoms with E-state index in [4.69, 9.17) is 9.47 Å². The summed E-state index contributed by atoms with van der Waals surface area (Å²) in [4.78, 5) is 11.3. The van der Waals surface area contributed by atoms with Gasteiger partial charge in [-0.15, -0.1) is 0 Å². The van der Waals surface area contributed by atoms with Crippen molar-refractivity contribution < 1.29 is 18.5 Å². The van der Waals surface area contributed by atoms with Gasteiger partial charge in [-0.05, 0) is 32.4 Å². The normalized spacial score (nSPS) is 20.3. The molecule has 5 nitrogen and oxygen atoms in total. The van der Waals surface area contributed by atoms with Crippen LogP contribution in [0.25, 0.3) is 0 Å². The third-order valence-corrected chi connectivity index (χ3v) is 4.92. The number of rotatable bonds is 7. The van der Waals surface area contributed by atoms with Gasteiger partial charge in [0.25, 0.3) is 0 Å². The highest BCUT2D eigenvalue weighted by Crippen LogP contribution is 2.15. The van der Waals surface area contributed by atoms with Gasteiger partial charge in [0, 0.05) is 6.08 Å². The minimum Gasteiger partial charge on any atom is -0.453 e. The van der Waals surface area contributed by atoms with Crippen molar-refractivity contribution in [1.82, 2.24) is 4.72 Å². The molecule has 0 unspecified atom stereocenters. The van der Waals surface area contributed by atoms with Gasteiger partial charge in [0.05, 0.1) is 35.0 Å². The Hall–Kier alpha value is -1.50. The maximum Gasteiger partial charge on any atom is 0.331 e. The van der Waals surface area contributed by atoms with Crippen LogP contribution in [0.2, 0.25) is 0 Å². The number of hydrogen-bond donors (Lipinski definition) is 1. The molecule has 1 N–H and O–H groups in total. The Morgan fingerprint density at radius 1 is 1.30 bits per heavy atom. The summed E-state index contributed by atoms with van der Waals surface area (Å²) in [6, 6.07) is 9.44. The number of carbonyl (C=O) groups is 1. The second kappa shape index (κ2) is 7.86. The van der Waals surface area contributed by atoms with Crippen molar-refractivity contribution in [3.05, 3.63) is 48.0 Å². The molecule has 0 aliphatic carbocycles. The summed E-state index contributed by atoms with van der Waals surface area (Å²) in [7, 11) is -1.28. The van der Waals surface area contributed by atoms with E-state index in [1.165, 1.54) is 6.08 Å². The summed E-state index contributed by atoms with van der Waals surface area (Å²) in [6.45, 7) is 6.39. The molecular formula is C17H23NO4S. The maximum atomic E-state index is 12.3. The molecule has 0 spiro atoms. The van der Waals surface area contributed by atoms with Gasteiger partial charge < -0.3 is 9.47 Å². The number of hydrogen-bond acceptors (Lipinski definition) is 4. The molecule has 1 aromatic carbocycles. The lowest BCUT2D eigenvalue weighted by atomic mass is 10.2. The zero-order valence-electron chi connectivity index (χ0n) is 13.7.